The molecule has 116 valence electrons. The maximum Gasteiger partial charge on any atom is 0.306 e. The van der Waals surface area contributed by atoms with Gasteiger partial charge in [0, 0.05) is 12.6 Å². The van der Waals surface area contributed by atoms with Gasteiger partial charge in [-0.3, -0.25) is 9.10 Å². The predicted molar refractivity (Wildman–Crippen MR) is 85.8 cm³/mol. The first kappa shape index (κ1) is 17.4. The molecule has 2 N–H and O–H groups in total. The fraction of sp³-hybridized carbons (Fsp3) is 0.385. The van der Waals surface area contributed by atoms with Gasteiger partial charge in [0.1, 0.15) is 4.99 Å². The van der Waals surface area contributed by atoms with Gasteiger partial charge < -0.3 is 10.5 Å². The molecule has 0 unspecified atom stereocenters. The Balaban J connectivity index is 2.85. The molecule has 0 spiro atoms. The fourth-order valence-corrected chi connectivity index (χ4v) is 2.86. The summed E-state index contributed by atoms with van der Waals surface area (Å²) >= 11 is 4.86. The molecule has 1 aromatic rings. The van der Waals surface area contributed by atoms with E-state index < -0.39 is 16.0 Å². The van der Waals surface area contributed by atoms with Crippen LogP contribution >= 0.6 is 12.2 Å². The number of carbonyl (C=O) groups is 1. The molecule has 0 saturated heterocycles. The van der Waals surface area contributed by atoms with E-state index in [0.717, 1.165) is 4.31 Å². The number of carbonyl (C=O) groups excluding carboxylic acids is 1. The molecule has 0 atom stereocenters. The topological polar surface area (TPSA) is 89.7 Å². The Kier molecular flexibility index (Phi) is 6.10. The molecular weight excluding hydrogens is 312 g/mol. The summed E-state index contributed by atoms with van der Waals surface area (Å²) in [6, 6.07) is 6.58. The number of anilines is 1. The zero-order chi connectivity index (χ0) is 16.0. The molecular formula is C13H18N2O4S2. The molecule has 0 aromatic heterocycles. The molecule has 0 aliphatic carbocycles. The highest BCUT2D eigenvalue weighted by molar-refractivity contribution is 7.92. The molecule has 6 nitrogen and oxygen atoms in total. The smallest absolute Gasteiger partial charge is 0.306 e. The second kappa shape index (κ2) is 7.37. The minimum Gasteiger partial charge on any atom is -0.466 e. The second-order valence-electron chi connectivity index (χ2n) is 4.25. The molecule has 0 bridgehead atoms. The maximum atomic E-state index is 12.2. The number of esters is 1. The molecule has 0 saturated carbocycles. The number of sulfonamides is 1. The van der Waals surface area contributed by atoms with Crippen LogP contribution in [-0.4, -0.2) is 38.8 Å². The third-order valence-electron chi connectivity index (χ3n) is 2.78. The third kappa shape index (κ3) is 4.98. The summed E-state index contributed by atoms with van der Waals surface area (Å²) in [7, 11) is -2.20. The first-order valence-electron chi connectivity index (χ1n) is 6.30. The number of nitrogens with two attached hydrogens (primary N) is 1. The minimum atomic E-state index is -3.62. The van der Waals surface area contributed by atoms with Crippen LogP contribution in [0.1, 0.15) is 18.9 Å². The van der Waals surface area contributed by atoms with Crippen molar-refractivity contribution in [1.82, 2.24) is 0 Å². The lowest BCUT2D eigenvalue weighted by atomic mass is 10.2. The van der Waals surface area contributed by atoms with E-state index in [0.29, 0.717) is 11.3 Å². The highest BCUT2D eigenvalue weighted by atomic mass is 32.2. The van der Waals surface area contributed by atoms with Crippen LogP contribution in [0.3, 0.4) is 0 Å². The zero-order valence-electron chi connectivity index (χ0n) is 11.9. The van der Waals surface area contributed by atoms with Gasteiger partial charge in [-0.25, -0.2) is 8.42 Å². The van der Waals surface area contributed by atoms with Crippen LogP contribution in [0, 0.1) is 0 Å². The second-order valence-corrected chi connectivity index (χ2v) is 6.81. The monoisotopic (exact) mass is 330 g/mol. The van der Waals surface area contributed by atoms with Crippen molar-refractivity contribution < 1.29 is 17.9 Å². The van der Waals surface area contributed by atoms with Gasteiger partial charge in [0.15, 0.2) is 0 Å². The average molecular weight is 330 g/mol. The van der Waals surface area contributed by atoms with Crippen molar-refractivity contribution in [3.05, 3.63) is 29.8 Å². The molecule has 0 fully saturated rings. The van der Waals surface area contributed by atoms with E-state index in [1.54, 1.807) is 31.2 Å². The van der Waals surface area contributed by atoms with Crippen LogP contribution in [0.2, 0.25) is 0 Å². The molecule has 21 heavy (non-hydrogen) atoms. The number of thiocarbonyl (C=S) groups is 1. The van der Waals surface area contributed by atoms with Crippen LogP contribution in [-0.2, 0) is 19.6 Å². The van der Waals surface area contributed by atoms with Crippen LogP contribution < -0.4 is 10.0 Å². The molecule has 0 amide bonds. The number of nitrogens with zero attached hydrogens (tertiary/aromatic N) is 1. The number of benzene rings is 1. The maximum absolute atomic E-state index is 12.2. The molecule has 0 radical (unpaired) electrons. The van der Waals surface area contributed by atoms with Crippen molar-refractivity contribution in [3.63, 3.8) is 0 Å². The van der Waals surface area contributed by atoms with Gasteiger partial charge in [-0.15, -0.1) is 0 Å². The fourth-order valence-electron chi connectivity index (χ4n) is 1.60. The zero-order valence-corrected chi connectivity index (χ0v) is 13.5. The van der Waals surface area contributed by atoms with Crippen LogP contribution in [0.5, 0.6) is 0 Å². The number of rotatable bonds is 7. The number of hydrogen-bond donors (Lipinski definition) is 1. The van der Waals surface area contributed by atoms with Gasteiger partial charge >= 0.3 is 5.97 Å². The summed E-state index contributed by atoms with van der Waals surface area (Å²) in [5.74, 6) is -0.856. The Bertz CT molecular complexity index is 629. The molecule has 0 heterocycles. The van der Waals surface area contributed by atoms with Gasteiger partial charge in [-0.1, -0.05) is 24.4 Å². The molecule has 0 aliphatic rings. The van der Waals surface area contributed by atoms with Crippen molar-refractivity contribution in [2.45, 2.75) is 13.3 Å². The Morgan fingerprint density at radius 1 is 1.43 bits per heavy atom. The highest BCUT2D eigenvalue weighted by Gasteiger charge is 2.20. The van der Waals surface area contributed by atoms with E-state index in [4.69, 9.17) is 22.7 Å². The van der Waals surface area contributed by atoms with E-state index in [9.17, 15) is 13.2 Å². The lowest BCUT2D eigenvalue weighted by molar-refractivity contribution is -0.142. The quantitative estimate of drug-likeness (QED) is 0.593. The van der Waals surface area contributed by atoms with Crippen LogP contribution in [0.25, 0.3) is 0 Å². The van der Waals surface area contributed by atoms with Gasteiger partial charge in [0.25, 0.3) is 0 Å². The molecule has 1 aromatic carbocycles. The van der Waals surface area contributed by atoms with Gasteiger partial charge in [0.05, 0.1) is 24.5 Å². The highest BCUT2D eigenvalue weighted by Crippen LogP contribution is 2.18. The molecule has 1 rings (SSSR count). The Morgan fingerprint density at radius 2 is 2.10 bits per heavy atom. The number of hydrogen-bond acceptors (Lipinski definition) is 5. The summed E-state index contributed by atoms with van der Waals surface area (Å²) < 4.78 is 30.2. The first-order chi connectivity index (χ1) is 9.77. The SMILES string of the molecule is CCOC(=O)CCS(=O)(=O)N(C)c1cccc(C(N)=S)c1. The van der Waals surface area contributed by atoms with Crippen molar-refractivity contribution in [2.75, 3.05) is 23.7 Å². The van der Waals surface area contributed by atoms with Gasteiger partial charge in [-0.05, 0) is 19.1 Å². The summed E-state index contributed by atoms with van der Waals surface area (Å²) in [5.41, 5.74) is 6.54. The summed E-state index contributed by atoms with van der Waals surface area (Å²) in [6.07, 6.45) is -0.185. The number of ether oxygens (including phenoxy) is 1. The lowest BCUT2D eigenvalue weighted by Gasteiger charge is -2.19. The predicted octanol–water partition coefficient (Wildman–Crippen LogP) is 1.04. The Morgan fingerprint density at radius 3 is 2.67 bits per heavy atom. The third-order valence-corrected chi connectivity index (χ3v) is 4.78. The van der Waals surface area contributed by atoms with Gasteiger partial charge in [0.2, 0.25) is 10.0 Å². The van der Waals surface area contributed by atoms with E-state index in [-0.39, 0.29) is 23.8 Å². The van der Waals surface area contributed by atoms with Crippen molar-refractivity contribution >= 4 is 38.9 Å². The van der Waals surface area contributed by atoms with Crippen LogP contribution in [0.15, 0.2) is 24.3 Å². The van der Waals surface area contributed by atoms with E-state index >= 15 is 0 Å². The lowest BCUT2D eigenvalue weighted by Crippen LogP contribution is -2.30. The van der Waals surface area contributed by atoms with Crippen molar-refractivity contribution in [1.29, 1.82) is 0 Å². The molecule has 0 aliphatic heterocycles. The largest absolute Gasteiger partial charge is 0.466 e. The standard InChI is InChI=1S/C13H18N2O4S2/c1-3-19-12(16)7-8-21(17,18)15(2)11-6-4-5-10(9-11)13(14)20/h4-6,9H,3,7-8H2,1-2H3,(H2,14,20). The van der Waals surface area contributed by atoms with Crippen molar-refractivity contribution in [2.24, 2.45) is 5.73 Å². The summed E-state index contributed by atoms with van der Waals surface area (Å²) in [4.78, 5) is 11.4. The first-order valence-corrected chi connectivity index (χ1v) is 8.31. The normalized spacial score (nSPS) is 11.0. The van der Waals surface area contributed by atoms with Crippen molar-refractivity contribution in [3.8, 4) is 0 Å². The van der Waals surface area contributed by atoms with Crippen LogP contribution in [0.4, 0.5) is 5.69 Å². The average Bonchev–Trinajstić information content (AvgIpc) is 2.45. The van der Waals surface area contributed by atoms with E-state index in [1.807, 2.05) is 0 Å². The van der Waals surface area contributed by atoms with E-state index in [2.05, 4.69) is 0 Å². The Hall–Kier alpha value is -1.67. The van der Waals surface area contributed by atoms with Gasteiger partial charge in [-0.2, -0.15) is 0 Å². The minimum absolute atomic E-state index is 0.185. The Labute approximate surface area is 129 Å². The molecule has 8 heteroatoms. The summed E-state index contributed by atoms with van der Waals surface area (Å²) in [6.45, 7) is 1.89. The summed E-state index contributed by atoms with van der Waals surface area (Å²) in [5, 5.41) is 0. The van der Waals surface area contributed by atoms with E-state index in [1.165, 1.54) is 7.05 Å².